The largest absolute Gasteiger partial charge is 0.272 e. The van der Waals surface area contributed by atoms with Gasteiger partial charge in [-0.05, 0) is 49.3 Å². The van der Waals surface area contributed by atoms with Crippen LogP contribution in [-0.2, 0) is 6.42 Å². The molecule has 1 heterocycles. The van der Waals surface area contributed by atoms with Gasteiger partial charge in [0.25, 0.3) is 0 Å². The van der Waals surface area contributed by atoms with Crippen molar-refractivity contribution in [3.8, 4) is 0 Å². The summed E-state index contributed by atoms with van der Waals surface area (Å²) in [6, 6.07) is 4.03. The maximum absolute atomic E-state index is 4.10. The molecule has 17 heavy (non-hydrogen) atoms. The van der Waals surface area contributed by atoms with Gasteiger partial charge in [0.15, 0.2) is 0 Å². The molecule has 0 atom stereocenters. The highest BCUT2D eigenvalue weighted by molar-refractivity contribution is 5.40. The first kappa shape index (κ1) is 13.1. The van der Waals surface area contributed by atoms with Gasteiger partial charge in [-0.2, -0.15) is 0 Å². The number of aryl methyl sites for hydroxylation is 1. The highest BCUT2D eigenvalue weighted by Gasteiger charge is 2.02. The number of aromatic nitrogens is 1. The summed E-state index contributed by atoms with van der Waals surface area (Å²) in [5.41, 5.74) is 3.49. The molecule has 0 bridgehead atoms. The Hall–Kier alpha value is -1.96. The lowest BCUT2D eigenvalue weighted by Crippen LogP contribution is -1.92. The summed E-state index contributed by atoms with van der Waals surface area (Å²) in [6.07, 6.45) is 11.2. The molecule has 1 rings (SSSR count). The summed E-state index contributed by atoms with van der Waals surface area (Å²) in [5.74, 6) is 0. The molecule has 0 aliphatic heterocycles. The van der Waals surface area contributed by atoms with Gasteiger partial charge in [-0.3, -0.25) is 9.98 Å². The van der Waals surface area contributed by atoms with Gasteiger partial charge in [0, 0.05) is 18.6 Å². The van der Waals surface area contributed by atoms with Crippen molar-refractivity contribution in [2.45, 2.75) is 19.8 Å². The predicted molar refractivity (Wildman–Crippen MR) is 74.1 cm³/mol. The molecule has 88 valence electrons. The van der Waals surface area contributed by atoms with Crippen LogP contribution in [0.5, 0.6) is 0 Å². The first-order chi connectivity index (χ1) is 8.31. The number of aliphatic imine (C=N–C) groups is 1. The van der Waals surface area contributed by atoms with Gasteiger partial charge in [0.2, 0.25) is 0 Å². The molecule has 0 saturated heterocycles. The van der Waals surface area contributed by atoms with Gasteiger partial charge in [0.05, 0.1) is 0 Å². The monoisotopic (exact) mass is 226 g/mol. The Morgan fingerprint density at radius 1 is 1.53 bits per heavy atom. The van der Waals surface area contributed by atoms with E-state index in [1.165, 1.54) is 5.56 Å². The standard InChI is InChI=1S/C15H18N2/c1-4-14(5-2)15(12-16-3)9-8-13-7-6-10-17-11-13/h4-7,10-12H,1,3,8-9H2,2H3/b14-5-,15-12-. The molecule has 0 unspecified atom stereocenters. The van der Waals surface area contributed by atoms with Crippen LogP contribution in [0, 0.1) is 0 Å². The van der Waals surface area contributed by atoms with E-state index < -0.39 is 0 Å². The van der Waals surface area contributed by atoms with E-state index in [4.69, 9.17) is 0 Å². The molecule has 2 heteroatoms. The lowest BCUT2D eigenvalue weighted by atomic mass is 9.99. The van der Waals surface area contributed by atoms with Crippen molar-refractivity contribution in [1.82, 2.24) is 4.98 Å². The maximum atomic E-state index is 4.10. The third kappa shape index (κ3) is 4.19. The first-order valence-corrected chi connectivity index (χ1v) is 5.64. The number of hydrogen-bond acceptors (Lipinski definition) is 2. The van der Waals surface area contributed by atoms with Crippen LogP contribution in [0.4, 0.5) is 0 Å². The Morgan fingerprint density at radius 2 is 2.35 bits per heavy atom. The molecule has 1 aromatic rings. The molecule has 0 aliphatic carbocycles. The van der Waals surface area contributed by atoms with Crippen LogP contribution in [0.15, 0.2) is 65.6 Å². The van der Waals surface area contributed by atoms with Crippen LogP contribution in [0.25, 0.3) is 0 Å². The van der Waals surface area contributed by atoms with Crippen molar-refractivity contribution in [3.63, 3.8) is 0 Å². The van der Waals surface area contributed by atoms with Crippen LogP contribution >= 0.6 is 0 Å². The van der Waals surface area contributed by atoms with Crippen LogP contribution in [0.3, 0.4) is 0 Å². The second-order valence-electron chi connectivity index (χ2n) is 3.65. The Labute approximate surface area is 103 Å². The fraction of sp³-hybridized carbons (Fsp3) is 0.200. The minimum absolute atomic E-state index is 0.913. The van der Waals surface area contributed by atoms with E-state index in [1.807, 2.05) is 31.3 Å². The van der Waals surface area contributed by atoms with Crippen LogP contribution in [0.2, 0.25) is 0 Å². The lowest BCUT2D eigenvalue weighted by Gasteiger charge is -2.07. The summed E-state index contributed by atoms with van der Waals surface area (Å²) >= 11 is 0. The smallest absolute Gasteiger partial charge is 0.0299 e. The lowest BCUT2D eigenvalue weighted by molar-refractivity contribution is 0.940. The molecule has 0 spiro atoms. The van der Waals surface area contributed by atoms with Crippen LogP contribution < -0.4 is 0 Å². The van der Waals surface area contributed by atoms with Gasteiger partial charge in [-0.1, -0.05) is 24.8 Å². The predicted octanol–water partition coefficient (Wildman–Crippen LogP) is 3.73. The number of nitrogens with zero attached hydrogens (tertiary/aromatic N) is 2. The molecule has 0 aliphatic rings. The Morgan fingerprint density at radius 3 is 2.88 bits per heavy atom. The summed E-state index contributed by atoms with van der Waals surface area (Å²) in [5, 5.41) is 0. The highest BCUT2D eigenvalue weighted by atomic mass is 14.6. The van der Waals surface area contributed by atoms with E-state index in [2.05, 4.69) is 29.3 Å². The van der Waals surface area contributed by atoms with Crippen molar-refractivity contribution in [3.05, 3.63) is 66.2 Å². The molecule has 0 N–H and O–H groups in total. The zero-order chi connectivity index (χ0) is 12.5. The quantitative estimate of drug-likeness (QED) is 0.536. The van der Waals surface area contributed by atoms with E-state index in [-0.39, 0.29) is 0 Å². The fourth-order valence-electron chi connectivity index (χ4n) is 1.65. The van der Waals surface area contributed by atoms with E-state index in [0.717, 1.165) is 24.0 Å². The van der Waals surface area contributed by atoms with Gasteiger partial charge in [0.1, 0.15) is 0 Å². The zero-order valence-electron chi connectivity index (χ0n) is 10.3. The molecule has 0 aromatic carbocycles. The Bertz CT molecular complexity index is 427. The molecule has 2 nitrogen and oxygen atoms in total. The maximum Gasteiger partial charge on any atom is 0.0299 e. The average molecular weight is 226 g/mol. The number of pyridine rings is 1. The van der Waals surface area contributed by atoms with E-state index in [1.54, 1.807) is 12.4 Å². The van der Waals surface area contributed by atoms with Gasteiger partial charge < -0.3 is 0 Å². The summed E-state index contributed by atoms with van der Waals surface area (Å²) in [6.45, 7) is 9.31. The van der Waals surface area contributed by atoms with Gasteiger partial charge >= 0.3 is 0 Å². The van der Waals surface area contributed by atoms with Crippen LogP contribution in [-0.4, -0.2) is 11.7 Å². The highest BCUT2D eigenvalue weighted by Crippen LogP contribution is 2.18. The third-order valence-corrected chi connectivity index (χ3v) is 2.55. The Kier molecular flexibility index (Phi) is 5.66. The third-order valence-electron chi connectivity index (χ3n) is 2.55. The minimum Gasteiger partial charge on any atom is -0.272 e. The fourth-order valence-corrected chi connectivity index (χ4v) is 1.65. The zero-order valence-corrected chi connectivity index (χ0v) is 10.3. The summed E-state index contributed by atoms with van der Waals surface area (Å²) in [4.78, 5) is 7.95. The van der Waals surface area contributed by atoms with Crippen molar-refractivity contribution in [1.29, 1.82) is 0 Å². The normalized spacial score (nSPS) is 12.3. The minimum atomic E-state index is 0.913. The molecule has 0 saturated carbocycles. The topological polar surface area (TPSA) is 25.2 Å². The van der Waals surface area contributed by atoms with Gasteiger partial charge in [-0.15, -0.1) is 0 Å². The molecule has 0 fully saturated rings. The van der Waals surface area contributed by atoms with Crippen LogP contribution in [0.1, 0.15) is 18.9 Å². The van der Waals surface area contributed by atoms with Gasteiger partial charge in [-0.25, -0.2) is 0 Å². The average Bonchev–Trinajstić information content (AvgIpc) is 2.38. The van der Waals surface area contributed by atoms with Crippen molar-refractivity contribution >= 4 is 6.72 Å². The van der Waals surface area contributed by atoms with E-state index in [0.29, 0.717) is 0 Å². The van der Waals surface area contributed by atoms with Crippen molar-refractivity contribution in [2.24, 2.45) is 4.99 Å². The number of hydrogen-bond donors (Lipinski definition) is 0. The SMILES string of the molecule is C=CC(=C/C)/C(=C\N=C)CCc1cccnc1. The summed E-state index contributed by atoms with van der Waals surface area (Å²) < 4.78 is 0. The molecule has 1 aromatic heterocycles. The first-order valence-electron chi connectivity index (χ1n) is 5.64. The van der Waals surface area contributed by atoms with Crippen molar-refractivity contribution < 1.29 is 0 Å². The molecular weight excluding hydrogens is 208 g/mol. The molecule has 0 radical (unpaired) electrons. The molecular formula is C15H18N2. The number of allylic oxidation sites excluding steroid dienone is 4. The van der Waals surface area contributed by atoms with E-state index in [9.17, 15) is 0 Å². The molecule has 0 amide bonds. The van der Waals surface area contributed by atoms with Crippen molar-refractivity contribution in [2.75, 3.05) is 0 Å². The second-order valence-corrected chi connectivity index (χ2v) is 3.65. The second kappa shape index (κ2) is 7.34. The summed E-state index contributed by atoms with van der Waals surface area (Å²) in [7, 11) is 0. The van der Waals surface area contributed by atoms with E-state index >= 15 is 0 Å². The number of rotatable bonds is 6. The Balaban J connectivity index is 2.73.